The van der Waals surface area contributed by atoms with Crippen molar-refractivity contribution in [3.05, 3.63) is 18.0 Å². The molecule has 0 spiro atoms. The number of rotatable bonds is 6. The van der Waals surface area contributed by atoms with Crippen LogP contribution in [-0.4, -0.2) is 45.9 Å². The van der Waals surface area contributed by atoms with Gasteiger partial charge in [-0.25, -0.2) is 9.78 Å². The Morgan fingerprint density at radius 3 is 2.71 bits per heavy atom. The lowest BCUT2D eigenvalue weighted by atomic mass is 10.1. The Morgan fingerprint density at radius 1 is 1.50 bits per heavy atom. The van der Waals surface area contributed by atoms with Crippen molar-refractivity contribution in [3.8, 4) is 5.75 Å². The molecule has 0 aliphatic rings. The van der Waals surface area contributed by atoms with Gasteiger partial charge in [-0.1, -0.05) is 0 Å². The molecule has 2 aromatic rings. The van der Waals surface area contributed by atoms with Gasteiger partial charge in [0.1, 0.15) is 5.75 Å². The van der Waals surface area contributed by atoms with Crippen molar-refractivity contribution in [1.82, 2.24) is 9.97 Å². The van der Waals surface area contributed by atoms with Gasteiger partial charge in [0.25, 0.3) is 5.78 Å². The number of aromatic amines is 1. The van der Waals surface area contributed by atoms with Crippen molar-refractivity contribution < 1.29 is 19.4 Å². The van der Waals surface area contributed by atoms with Gasteiger partial charge in [0, 0.05) is 11.9 Å². The summed E-state index contributed by atoms with van der Waals surface area (Å²) in [4.78, 5) is 29.5. The van der Waals surface area contributed by atoms with Gasteiger partial charge < -0.3 is 20.2 Å². The SMILES string of the molecule is COc1cnc(N/N=C\C(C)=N)c2[nH]cc(C(=O)C(=O)O)c12.SS. The van der Waals surface area contributed by atoms with Crippen LogP contribution in [0.15, 0.2) is 17.5 Å². The lowest BCUT2D eigenvalue weighted by molar-refractivity contribution is -0.131. The molecule has 0 unspecified atom stereocenters. The number of methoxy groups -OCH3 is 1. The van der Waals surface area contributed by atoms with E-state index in [9.17, 15) is 9.59 Å². The van der Waals surface area contributed by atoms with Crippen molar-refractivity contribution in [2.24, 2.45) is 5.10 Å². The molecule has 0 saturated heterocycles. The number of H-pyrrole nitrogens is 1. The minimum atomic E-state index is -1.56. The zero-order valence-corrected chi connectivity index (χ0v) is 14.5. The molecule has 2 aromatic heterocycles. The molecule has 0 radical (unpaired) electrons. The Bertz CT molecular complexity index is 803. The van der Waals surface area contributed by atoms with Crippen LogP contribution in [0.25, 0.3) is 10.9 Å². The van der Waals surface area contributed by atoms with Gasteiger partial charge >= 0.3 is 5.97 Å². The summed E-state index contributed by atoms with van der Waals surface area (Å²) in [7, 11) is 1.39. The number of carbonyl (C=O) groups excluding carboxylic acids is 1. The molecule has 11 heteroatoms. The van der Waals surface area contributed by atoms with Gasteiger partial charge in [0.15, 0.2) is 5.82 Å². The van der Waals surface area contributed by atoms with Crippen LogP contribution in [0.3, 0.4) is 0 Å². The zero-order valence-electron chi connectivity index (χ0n) is 12.7. The molecule has 0 fully saturated rings. The number of ketones is 1. The fourth-order valence-corrected chi connectivity index (χ4v) is 1.84. The maximum Gasteiger partial charge on any atom is 0.377 e. The van der Waals surface area contributed by atoms with Crippen molar-refractivity contribution >= 4 is 63.7 Å². The molecule has 0 bridgehead atoms. The number of aromatic nitrogens is 2. The fourth-order valence-electron chi connectivity index (χ4n) is 1.84. The Hall–Kier alpha value is -2.53. The van der Waals surface area contributed by atoms with Crippen LogP contribution < -0.4 is 10.2 Å². The van der Waals surface area contributed by atoms with E-state index in [0.29, 0.717) is 10.9 Å². The standard InChI is InChI=1S/C13H13N5O4.H2S2/c1-6(14)3-17-18-12-10-9(8(22-2)5-16-12)7(4-15-10)11(19)13(20)21;1-2/h3-5,14-15H,1-2H3,(H,16,18)(H,20,21);1-2H/b14-6?,17-3-;. The van der Waals surface area contributed by atoms with E-state index in [0.717, 1.165) is 0 Å². The second kappa shape index (κ2) is 8.93. The van der Waals surface area contributed by atoms with Crippen LogP contribution in [0.1, 0.15) is 17.3 Å². The molecule has 0 atom stereocenters. The van der Waals surface area contributed by atoms with E-state index in [1.807, 2.05) is 0 Å². The number of carboxylic acids is 1. The summed E-state index contributed by atoms with van der Waals surface area (Å²) in [5.74, 6) is -2.08. The van der Waals surface area contributed by atoms with E-state index < -0.39 is 11.8 Å². The third-order valence-corrected chi connectivity index (χ3v) is 2.76. The molecule has 0 amide bonds. The summed E-state index contributed by atoms with van der Waals surface area (Å²) in [5.41, 5.74) is 3.21. The van der Waals surface area contributed by atoms with Gasteiger partial charge in [-0.2, -0.15) is 5.10 Å². The van der Waals surface area contributed by atoms with Crippen molar-refractivity contribution in [2.75, 3.05) is 12.5 Å². The fraction of sp³-hybridized carbons (Fsp3) is 0.154. The highest BCUT2D eigenvalue weighted by Gasteiger charge is 2.23. The summed E-state index contributed by atoms with van der Waals surface area (Å²) in [6, 6.07) is 0. The summed E-state index contributed by atoms with van der Waals surface area (Å²) in [6.45, 7) is 1.56. The van der Waals surface area contributed by atoms with Crippen LogP contribution in [0.4, 0.5) is 5.82 Å². The minimum Gasteiger partial charge on any atom is -0.494 e. The number of Topliss-reactive ketones (excluding diaryl/α,β-unsaturated/α-hetero) is 1. The molecule has 0 aliphatic heterocycles. The first kappa shape index (κ1) is 19.5. The summed E-state index contributed by atoms with van der Waals surface area (Å²) < 4.78 is 5.13. The molecule has 0 aromatic carbocycles. The normalized spacial score (nSPS) is 10.2. The molecule has 0 saturated carbocycles. The second-order valence-corrected chi connectivity index (χ2v) is 4.31. The first-order chi connectivity index (χ1) is 11.5. The molecule has 24 heavy (non-hydrogen) atoms. The summed E-state index contributed by atoms with van der Waals surface area (Å²) in [5, 5.41) is 20.2. The third kappa shape index (κ3) is 4.26. The first-order valence-corrected chi connectivity index (χ1v) is 7.91. The predicted octanol–water partition coefficient (Wildman–Crippen LogP) is 2.04. The number of hydrogen-bond acceptors (Lipinski definition) is 9. The van der Waals surface area contributed by atoms with Gasteiger partial charge in [-0.15, -0.1) is 23.3 Å². The Balaban J connectivity index is 0.00000139. The smallest absolute Gasteiger partial charge is 0.377 e. The Morgan fingerprint density at radius 2 is 2.17 bits per heavy atom. The Kier molecular flexibility index (Phi) is 7.27. The van der Waals surface area contributed by atoms with Crippen LogP contribution in [0.5, 0.6) is 5.75 Å². The van der Waals surface area contributed by atoms with E-state index in [1.54, 1.807) is 6.92 Å². The van der Waals surface area contributed by atoms with Crippen molar-refractivity contribution in [2.45, 2.75) is 6.92 Å². The topological polar surface area (TPSA) is 141 Å². The molecular weight excluding hydrogens is 354 g/mol. The summed E-state index contributed by atoms with van der Waals surface area (Å²) >= 11 is 6.44. The maximum atomic E-state index is 11.7. The minimum absolute atomic E-state index is 0.0305. The number of hydrogen-bond donors (Lipinski definition) is 6. The van der Waals surface area contributed by atoms with Gasteiger partial charge in [0.2, 0.25) is 0 Å². The van der Waals surface area contributed by atoms with Gasteiger partial charge in [-0.05, 0) is 6.92 Å². The van der Waals surface area contributed by atoms with E-state index in [1.165, 1.54) is 25.7 Å². The van der Waals surface area contributed by atoms with Crippen molar-refractivity contribution in [1.29, 1.82) is 5.41 Å². The molecule has 128 valence electrons. The molecule has 0 aliphatic carbocycles. The predicted molar refractivity (Wildman–Crippen MR) is 98.1 cm³/mol. The number of carboxylic acid groups (broad SMARTS) is 1. The average Bonchev–Trinajstić information content (AvgIpc) is 3.01. The molecule has 2 heterocycles. The number of ether oxygens (including phenoxy) is 1. The number of anilines is 1. The number of fused-ring (bicyclic) bond motifs is 1. The molecule has 2 rings (SSSR count). The molecular formula is C13H15N5O4S2. The monoisotopic (exact) mass is 369 g/mol. The number of aliphatic carboxylic acids is 1. The maximum absolute atomic E-state index is 11.7. The molecule has 4 N–H and O–H groups in total. The van der Waals surface area contributed by atoms with Crippen LogP contribution in [0.2, 0.25) is 0 Å². The highest BCUT2D eigenvalue weighted by Crippen LogP contribution is 2.32. The molecule has 9 nitrogen and oxygen atoms in total. The second-order valence-electron chi connectivity index (χ2n) is 4.31. The highest BCUT2D eigenvalue weighted by atomic mass is 33.1. The van der Waals surface area contributed by atoms with Gasteiger partial charge in [0.05, 0.1) is 36.0 Å². The lowest BCUT2D eigenvalue weighted by Crippen LogP contribution is -2.12. The van der Waals surface area contributed by atoms with Gasteiger partial charge in [-0.3, -0.25) is 10.2 Å². The van der Waals surface area contributed by atoms with E-state index in [4.69, 9.17) is 15.3 Å². The van der Waals surface area contributed by atoms with Crippen LogP contribution in [0, 0.1) is 5.41 Å². The van der Waals surface area contributed by atoms with E-state index in [2.05, 4.69) is 43.8 Å². The van der Waals surface area contributed by atoms with E-state index >= 15 is 0 Å². The first-order valence-electron chi connectivity index (χ1n) is 6.31. The van der Waals surface area contributed by atoms with E-state index in [-0.39, 0.29) is 22.8 Å². The highest BCUT2D eigenvalue weighted by molar-refractivity contribution is 8.59. The van der Waals surface area contributed by atoms with Crippen LogP contribution in [-0.2, 0) is 4.79 Å². The number of nitrogens with one attached hydrogen (secondary N) is 3. The zero-order chi connectivity index (χ0) is 18.3. The largest absolute Gasteiger partial charge is 0.494 e. The quantitative estimate of drug-likeness (QED) is 0.115. The number of thiol groups is 2. The van der Waals surface area contributed by atoms with Crippen molar-refractivity contribution in [3.63, 3.8) is 0 Å². The average molecular weight is 369 g/mol. The number of pyridine rings is 1. The number of nitrogens with zero attached hydrogens (tertiary/aromatic N) is 2. The third-order valence-electron chi connectivity index (χ3n) is 2.76. The summed E-state index contributed by atoms with van der Waals surface area (Å²) in [6.07, 6.45) is 3.91. The number of hydrazone groups is 1. The lowest BCUT2D eigenvalue weighted by Gasteiger charge is -2.06. The number of carbonyl (C=O) groups is 2. The Labute approximate surface area is 147 Å². The van der Waals surface area contributed by atoms with Crippen LogP contribution >= 0.6 is 23.3 Å².